The number of aliphatic hydroxyl groups is 1. The number of rotatable bonds is 1. The second kappa shape index (κ2) is 3.97. The Morgan fingerprint density at radius 1 is 1.15 bits per heavy atom. The first-order valence-electron chi connectivity index (χ1n) is 5.69. The Bertz CT molecular complexity index is 165. The largest absolute Gasteiger partial charge is 0.393 e. The van der Waals surface area contributed by atoms with Crippen molar-refractivity contribution in [3.63, 3.8) is 0 Å². The van der Waals surface area contributed by atoms with Crippen LogP contribution in [0.15, 0.2) is 0 Å². The van der Waals surface area contributed by atoms with Crippen molar-refractivity contribution < 1.29 is 5.11 Å². The van der Waals surface area contributed by atoms with Gasteiger partial charge in [-0.05, 0) is 51.1 Å². The molecule has 76 valence electrons. The van der Waals surface area contributed by atoms with Gasteiger partial charge in [0.05, 0.1) is 6.10 Å². The summed E-state index contributed by atoms with van der Waals surface area (Å²) in [6.07, 6.45) is 5.94. The van der Waals surface area contributed by atoms with Crippen LogP contribution >= 0.6 is 0 Å². The fraction of sp³-hybridized carbons (Fsp3) is 1.00. The zero-order valence-corrected chi connectivity index (χ0v) is 8.58. The van der Waals surface area contributed by atoms with Crippen molar-refractivity contribution in [3.8, 4) is 0 Å². The van der Waals surface area contributed by atoms with Gasteiger partial charge in [-0.25, -0.2) is 0 Å². The molecule has 0 amide bonds. The molecule has 3 atom stereocenters. The molecule has 0 spiro atoms. The zero-order valence-electron chi connectivity index (χ0n) is 8.58. The summed E-state index contributed by atoms with van der Waals surface area (Å²) in [5.74, 6) is 0.793. The second-order valence-electron chi connectivity index (χ2n) is 4.75. The molecule has 0 aromatic rings. The molecule has 1 saturated heterocycles. The summed E-state index contributed by atoms with van der Waals surface area (Å²) >= 11 is 0. The van der Waals surface area contributed by atoms with E-state index in [9.17, 15) is 5.11 Å². The molecule has 0 radical (unpaired) electrons. The third kappa shape index (κ3) is 2.05. The minimum absolute atomic E-state index is 0.0261. The summed E-state index contributed by atoms with van der Waals surface area (Å²) in [6.45, 7) is 4.87. The predicted molar refractivity (Wildman–Crippen MR) is 53.6 cm³/mol. The predicted octanol–water partition coefficient (Wildman–Crippen LogP) is 1.63. The lowest BCUT2D eigenvalue weighted by molar-refractivity contribution is 0.0426. The maximum absolute atomic E-state index is 9.63. The molecule has 0 aromatic heterocycles. The van der Waals surface area contributed by atoms with Crippen LogP contribution in [-0.2, 0) is 0 Å². The van der Waals surface area contributed by atoms with Crippen molar-refractivity contribution in [1.82, 2.24) is 4.90 Å². The van der Waals surface area contributed by atoms with Gasteiger partial charge < -0.3 is 10.0 Å². The highest BCUT2D eigenvalue weighted by Crippen LogP contribution is 2.30. The summed E-state index contributed by atoms with van der Waals surface area (Å²) in [5, 5.41) is 9.63. The summed E-state index contributed by atoms with van der Waals surface area (Å²) < 4.78 is 0. The van der Waals surface area contributed by atoms with E-state index in [4.69, 9.17) is 0 Å². The fourth-order valence-electron chi connectivity index (χ4n) is 2.86. The second-order valence-corrected chi connectivity index (χ2v) is 4.75. The molecular weight excluding hydrogens is 162 g/mol. The molecule has 2 nitrogen and oxygen atoms in total. The first-order chi connectivity index (χ1) is 6.27. The SMILES string of the molecule is CC1CCC(O)CC1N1CCCC1. The molecule has 1 N–H and O–H groups in total. The maximum Gasteiger partial charge on any atom is 0.0555 e. The van der Waals surface area contributed by atoms with Crippen LogP contribution in [0.2, 0.25) is 0 Å². The van der Waals surface area contributed by atoms with Crippen LogP contribution in [0.3, 0.4) is 0 Å². The van der Waals surface area contributed by atoms with Gasteiger partial charge in [0.25, 0.3) is 0 Å². The minimum Gasteiger partial charge on any atom is -0.393 e. The van der Waals surface area contributed by atoms with E-state index in [-0.39, 0.29) is 6.10 Å². The lowest BCUT2D eigenvalue weighted by Gasteiger charge is -2.38. The number of hydrogen-bond acceptors (Lipinski definition) is 2. The van der Waals surface area contributed by atoms with E-state index in [1.165, 1.54) is 32.4 Å². The Morgan fingerprint density at radius 2 is 1.85 bits per heavy atom. The highest BCUT2D eigenvalue weighted by atomic mass is 16.3. The number of aliphatic hydroxyl groups excluding tert-OH is 1. The Morgan fingerprint density at radius 3 is 2.54 bits per heavy atom. The Labute approximate surface area is 80.9 Å². The zero-order chi connectivity index (χ0) is 9.26. The van der Waals surface area contributed by atoms with E-state index in [0.717, 1.165) is 18.8 Å². The Hall–Kier alpha value is -0.0800. The van der Waals surface area contributed by atoms with Gasteiger partial charge in [0, 0.05) is 6.04 Å². The fourth-order valence-corrected chi connectivity index (χ4v) is 2.86. The lowest BCUT2D eigenvalue weighted by atomic mass is 9.83. The molecule has 0 aromatic carbocycles. The molecule has 13 heavy (non-hydrogen) atoms. The van der Waals surface area contributed by atoms with Crippen molar-refractivity contribution in [3.05, 3.63) is 0 Å². The smallest absolute Gasteiger partial charge is 0.0555 e. The average Bonchev–Trinajstić information content (AvgIpc) is 2.61. The summed E-state index contributed by atoms with van der Waals surface area (Å²) in [4.78, 5) is 2.59. The molecule has 0 bridgehead atoms. The number of nitrogens with zero attached hydrogens (tertiary/aromatic N) is 1. The minimum atomic E-state index is -0.0261. The van der Waals surface area contributed by atoms with Crippen LogP contribution in [0, 0.1) is 5.92 Å². The van der Waals surface area contributed by atoms with Gasteiger partial charge in [-0.3, -0.25) is 0 Å². The van der Waals surface area contributed by atoms with E-state index in [2.05, 4.69) is 11.8 Å². The Kier molecular flexibility index (Phi) is 2.89. The van der Waals surface area contributed by atoms with E-state index < -0.39 is 0 Å². The normalized spacial score (nSPS) is 42.5. The lowest BCUT2D eigenvalue weighted by Crippen LogP contribution is -2.43. The van der Waals surface area contributed by atoms with Crippen LogP contribution in [0.25, 0.3) is 0 Å². The molecule has 2 heteroatoms. The Balaban J connectivity index is 1.94. The van der Waals surface area contributed by atoms with Gasteiger partial charge >= 0.3 is 0 Å². The third-order valence-corrected chi connectivity index (χ3v) is 3.74. The molecule has 1 aliphatic carbocycles. The molecule has 2 fully saturated rings. The number of likely N-dealkylation sites (tertiary alicyclic amines) is 1. The van der Waals surface area contributed by atoms with Crippen molar-refractivity contribution in [2.75, 3.05) is 13.1 Å². The first kappa shape index (κ1) is 9.47. The van der Waals surface area contributed by atoms with Gasteiger partial charge in [-0.1, -0.05) is 6.92 Å². The number of hydrogen-bond donors (Lipinski definition) is 1. The molecule has 2 rings (SSSR count). The molecule has 3 unspecified atom stereocenters. The van der Waals surface area contributed by atoms with E-state index in [0.29, 0.717) is 6.04 Å². The highest BCUT2D eigenvalue weighted by molar-refractivity contribution is 4.86. The van der Waals surface area contributed by atoms with Crippen LogP contribution < -0.4 is 0 Å². The quantitative estimate of drug-likeness (QED) is 0.668. The highest BCUT2D eigenvalue weighted by Gasteiger charge is 2.32. The van der Waals surface area contributed by atoms with Crippen molar-refractivity contribution in [1.29, 1.82) is 0 Å². The van der Waals surface area contributed by atoms with Crippen LogP contribution in [0.1, 0.15) is 39.0 Å². The van der Waals surface area contributed by atoms with Crippen LogP contribution in [0.5, 0.6) is 0 Å². The topological polar surface area (TPSA) is 23.5 Å². The monoisotopic (exact) mass is 183 g/mol. The van der Waals surface area contributed by atoms with Gasteiger partial charge in [0.2, 0.25) is 0 Å². The van der Waals surface area contributed by atoms with E-state index in [1.807, 2.05) is 0 Å². The maximum atomic E-state index is 9.63. The standard InChI is InChI=1S/C11H21NO/c1-9-4-5-10(13)8-11(9)12-6-2-3-7-12/h9-11,13H,2-8H2,1H3. The summed E-state index contributed by atoms with van der Waals surface area (Å²) in [5.41, 5.74) is 0. The molecular formula is C11H21NO. The van der Waals surface area contributed by atoms with Crippen LogP contribution in [0.4, 0.5) is 0 Å². The van der Waals surface area contributed by atoms with Crippen molar-refractivity contribution in [2.45, 2.75) is 51.2 Å². The van der Waals surface area contributed by atoms with Gasteiger partial charge in [0.15, 0.2) is 0 Å². The summed E-state index contributed by atoms with van der Waals surface area (Å²) in [6, 6.07) is 0.672. The van der Waals surface area contributed by atoms with Crippen LogP contribution in [-0.4, -0.2) is 35.2 Å². The molecule has 1 saturated carbocycles. The third-order valence-electron chi connectivity index (χ3n) is 3.74. The van der Waals surface area contributed by atoms with Gasteiger partial charge in [-0.2, -0.15) is 0 Å². The molecule has 1 heterocycles. The van der Waals surface area contributed by atoms with E-state index >= 15 is 0 Å². The van der Waals surface area contributed by atoms with E-state index in [1.54, 1.807) is 0 Å². The van der Waals surface area contributed by atoms with Gasteiger partial charge in [0.1, 0.15) is 0 Å². The average molecular weight is 183 g/mol. The van der Waals surface area contributed by atoms with Gasteiger partial charge in [-0.15, -0.1) is 0 Å². The molecule has 2 aliphatic rings. The first-order valence-corrected chi connectivity index (χ1v) is 5.69. The van der Waals surface area contributed by atoms with Crippen molar-refractivity contribution in [2.24, 2.45) is 5.92 Å². The molecule has 1 aliphatic heterocycles. The summed E-state index contributed by atoms with van der Waals surface area (Å²) in [7, 11) is 0. The van der Waals surface area contributed by atoms with Crippen molar-refractivity contribution >= 4 is 0 Å².